The first kappa shape index (κ1) is 14.3. The van der Waals surface area contributed by atoms with Gasteiger partial charge in [-0.3, -0.25) is 4.90 Å². The van der Waals surface area contributed by atoms with Crippen LogP contribution in [0.5, 0.6) is 0 Å². The first-order valence-electron chi connectivity index (χ1n) is 7.99. The fourth-order valence-corrected chi connectivity index (χ4v) is 3.19. The SMILES string of the molecule is Fc1ccccc1N1CCN(Cc2cc3ccccc3o2)CC1. The Kier molecular flexibility index (Phi) is 3.75. The summed E-state index contributed by atoms with van der Waals surface area (Å²) in [6, 6.07) is 17.2. The number of rotatable bonds is 3. The molecule has 0 N–H and O–H groups in total. The van der Waals surface area contributed by atoms with E-state index in [0.29, 0.717) is 5.69 Å². The quantitative estimate of drug-likeness (QED) is 0.731. The molecule has 0 aliphatic carbocycles. The van der Waals surface area contributed by atoms with Crippen LogP contribution in [0.15, 0.2) is 59.0 Å². The van der Waals surface area contributed by atoms with Gasteiger partial charge in [-0.25, -0.2) is 4.39 Å². The summed E-state index contributed by atoms with van der Waals surface area (Å²) in [5, 5.41) is 1.15. The third-order valence-corrected chi connectivity index (χ3v) is 4.42. The number of hydrogen-bond donors (Lipinski definition) is 0. The molecule has 0 atom stereocenters. The van der Waals surface area contributed by atoms with E-state index < -0.39 is 0 Å². The predicted molar refractivity (Wildman–Crippen MR) is 90.1 cm³/mol. The second-order valence-electron chi connectivity index (χ2n) is 5.97. The van der Waals surface area contributed by atoms with Gasteiger partial charge in [-0.05, 0) is 24.3 Å². The molecular formula is C19H19FN2O. The van der Waals surface area contributed by atoms with Gasteiger partial charge in [0, 0.05) is 31.6 Å². The minimum atomic E-state index is -0.141. The number of hydrogen-bond acceptors (Lipinski definition) is 3. The molecule has 0 saturated carbocycles. The summed E-state index contributed by atoms with van der Waals surface area (Å²) in [6.45, 7) is 4.29. The van der Waals surface area contributed by atoms with Gasteiger partial charge < -0.3 is 9.32 Å². The molecule has 0 bridgehead atoms. The van der Waals surface area contributed by atoms with Crippen LogP contribution >= 0.6 is 0 Å². The van der Waals surface area contributed by atoms with Crippen LogP contribution in [-0.4, -0.2) is 31.1 Å². The van der Waals surface area contributed by atoms with Crippen molar-refractivity contribution in [3.8, 4) is 0 Å². The van der Waals surface area contributed by atoms with Gasteiger partial charge in [-0.15, -0.1) is 0 Å². The molecule has 2 aromatic carbocycles. The average Bonchev–Trinajstić information content (AvgIpc) is 2.98. The molecule has 1 aromatic heterocycles. The highest BCUT2D eigenvalue weighted by Gasteiger charge is 2.20. The average molecular weight is 310 g/mol. The van der Waals surface area contributed by atoms with Crippen LogP contribution in [0.2, 0.25) is 0 Å². The van der Waals surface area contributed by atoms with Crippen molar-refractivity contribution in [3.05, 3.63) is 66.2 Å². The summed E-state index contributed by atoms with van der Waals surface area (Å²) in [6.07, 6.45) is 0. The molecule has 118 valence electrons. The zero-order valence-corrected chi connectivity index (χ0v) is 12.9. The summed E-state index contributed by atoms with van der Waals surface area (Å²) in [5.74, 6) is 0.851. The topological polar surface area (TPSA) is 19.6 Å². The molecule has 0 amide bonds. The number of benzene rings is 2. The molecule has 2 heterocycles. The van der Waals surface area contributed by atoms with Crippen molar-refractivity contribution >= 4 is 16.7 Å². The predicted octanol–water partition coefficient (Wildman–Crippen LogP) is 3.89. The maximum absolute atomic E-state index is 13.9. The Morgan fingerprint density at radius 2 is 1.65 bits per heavy atom. The minimum absolute atomic E-state index is 0.141. The molecule has 0 spiro atoms. The van der Waals surface area contributed by atoms with Crippen molar-refractivity contribution < 1.29 is 8.81 Å². The molecule has 1 saturated heterocycles. The summed E-state index contributed by atoms with van der Waals surface area (Å²) < 4.78 is 19.8. The van der Waals surface area contributed by atoms with Gasteiger partial charge in [0.2, 0.25) is 0 Å². The summed E-state index contributed by atoms with van der Waals surface area (Å²) in [5.41, 5.74) is 1.64. The number of piperazine rings is 1. The molecule has 1 aliphatic rings. The Bertz CT molecular complexity index is 773. The van der Waals surface area contributed by atoms with Crippen molar-refractivity contribution in [1.82, 2.24) is 4.90 Å². The molecule has 0 radical (unpaired) electrons. The Hall–Kier alpha value is -2.33. The molecular weight excluding hydrogens is 291 g/mol. The highest BCUT2D eigenvalue weighted by molar-refractivity contribution is 5.77. The third-order valence-electron chi connectivity index (χ3n) is 4.42. The summed E-state index contributed by atoms with van der Waals surface area (Å²) in [7, 11) is 0. The van der Waals surface area contributed by atoms with E-state index in [1.807, 2.05) is 30.3 Å². The van der Waals surface area contributed by atoms with Crippen LogP contribution in [0.25, 0.3) is 11.0 Å². The van der Waals surface area contributed by atoms with E-state index in [0.717, 1.165) is 49.5 Å². The van der Waals surface area contributed by atoms with Crippen molar-refractivity contribution in [2.24, 2.45) is 0 Å². The molecule has 1 aliphatic heterocycles. The summed E-state index contributed by atoms with van der Waals surface area (Å²) >= 11 is 0. The maximum atomic E-state index is 13.9. The van der Waals surface area contributed by atoms with Crippen LogP contribution in [0.1, 0.15) is 5.76 Å². The number of halogens is 1. The van der Waals surface area contributed by atoms with Crippen LogP contribution in [0, 0.1) is 5.82 Å². The van der Waals surface area contributed by atoms with Crippen molar-refractivity contribution in [2.45, 2.75) is 6.54 Å². The first-order valence-corrected chi connectivity index (χ1v) is 7.99. The monoisotopic (exact) mass is 310 g/mol. The molecule has 3 nitrogen and oxygen atoms in total. The van der Waals surface area contributed by atoms with Gasteiger partial charge in [-0.2, -0.15) is 0 Å². The normalized spacial score (nSPS) is 16.1. The molecule has 1 fully saturated rings. The number of fused-ring (bicyclic) bond motifs is 1. The molecule has 0 unspecified atom stereocenters. The maximum Gasteiger partial charge on any atom is 0.146 e. The fourth-order valence-electron chi connectivity index (χ4n) is 3.19. The molecule has 4 rings (SSSR count). The highest BCUT2D eigenvalue weighted by atomic mass is 19.1. The van der Waals surface area contributed by atoms with Crippen molar-refractivity contribution in [3.63, 3.8) is 0 Å². The lowest BCUT2D eigenvalue weighted by Crippen LogP contribution is -2.46. The van der Waals surface area contributed by atoms with Gasteiger partial charge in [0.05, 0.1) is 12.2 Å². The number of anilines is 1. The van der Waals surface area contributed by atoms with E-state index in [-0.39, 0.29) is 5.82 Å². The Morgan fingerprint density at radius 3 is 2.43 bits per heavy atom. The fraction of sp³-hybridized carbons (Fsp3) is 0.263. The number of furan rings is 1. The lowest BCUT2D eigenvalue weighted by atomic mass is 10.2. The van der Waals surface area contributed by atoms with E-state index in [4.69, 9.17) is 4.42 Å². The van der Waals surface area contributed by atoms with E-state index in [9.17, 15) is 4.39 Å². The zero-order valence-electron chi connectivity index (χ0n) is 12.9. The van der Waals surface area contributed by atoms with Gasteiger partial charge >= 0.3 is 0 Å². The second kappa shape index (κ2) is 6.05. The first-order chi connectivity index (χ1) is 11.3. The Morgan fingerprint density at radius 1 is 0.913 bits per heavy atom. The van der Waals surface area contributed by atoms with Gasteiger partial charge in [-0.1, -0.05) is 30.3 Å². The Labute approximate surface area is 134 Å². The van der Waals surface area contributed by atoms with Gasteiger partial charge in [0.25, 0.3) is 0 Å². The van der Waals surface area contributed by atoms with Crippen molar-refractivity contribution in [2.75, 3.05) is 31.1 Å². The zero-order chi connectivity index (χ0) is 15.6. The van der Waals surface area contributed by atoms with E-state index >= 15 is 0 Å². The molecule has 4 heteroatoms. The largest absolute Gasteiger partial charge is 0.460 e. The van der Waals surface area contributed by atoms with E-state index in [2.05, 4.69) is 21.9 Å². The van der Waals surface area contributed by atoms with E-state index in [1.165, 1.54) is 6.07 Å². The van der Waals surface area contributed by atoms with Gasteiger partial charge in [0.1, 0.15) is 17.2 Å². The molecule has 3 aromatic rings. The standard InChI is InChI=1S/C19H19FN2O/c20-17-6-2-3-7-18(17)22-11-9-21(10-12-22)14-16-13-15-5-1-4-8-19(15)23-16/h1-8,13H,9-12,14H2. The molecule has 23 heavy (non-hydrogen) atoms. The van der Waals surface area contributed by atoms with Gasteiger partial charge in [0.15, 0.2) is 0 Å². The lowest BCUT2D eigenvalue weighted by Gasteiger charge is -2.35. The highest BCUT2D eigenvalue weighted by Crippen LogP contribution is 2.23. The van der Waals surface area contributed by atoms with Crippen LogP contribution in [0.3, 0.4) is 0 Å². The second-order valence-corrected chi connectivity index (χ2v) is 5.97. The van der Waals surface area contributed by atoms with E-state index in [1.54, 1.807) is 6.07 Å². The Balaban J connectivity index is 1.41. The van der Waals surface area contributed by atoms with Crippen LogP contribution < -0.4 is 4.90 Å². The van der Waals surface area contributed by atoms with Crippen LogP contribution in [-0.2, 0) is 6.54 Å². The third kappa shape index (κ3) is 2.94. The minimum Gasteiger partial charge on any atom is -0.460 e. The number of nitrogens with zero attached hydrogens (tertiary/aromatic N) is 2. The number of para-hydroxylation sites is 2. The smallest absolute Gasteiger partial charge is 0.146 e. The van der Waals surface area contributed by atoms with Crippen LogP contribution in [0.4, 0.5) is 10.1 Å². The van der Waals surface area contributed by atoms with Crippen molar-refractivity contribution in [1.29, 1.82) is 0 Å². The lowest BCUT2D eigenvalue weighted by molar-refractivity contribution is 0.232. The summed E-state index contributed by atoms with van der Waals surface area (Å²) in [4.78, 5) is 4.47.